The van der Waals surface area contributed by atoms with Crippen LogP contribution in [0.25, 0.3) is 50.2 Å². The van der Waals surface area contributed by atoms with E-state index in [9.17, 15) is 70.7 Å². The minimum atomic E-state index is -4.80. The number of nitrogens with zero attached hydrogens (tertiary/aromatic N) is 4. The number of nitrogens with one attached hydrogen (secondary N) is 8. The van der Waals surface area contributed by atoms with Crippen molar-refractivity contribution in [3.63, 3.8) is 0 Å². The van der Waals surface area contributed by atoms with Crippen LogP contribution in [-0.4, -0.2) is 68.2 Å². The van der Waals surface area contributed by atoms with Crippen molar-refractivity contribution in [1.29, 1.82) is 0 Å². The van der Waals surface area contributed by atoms with Gasteiger partial charge in [-0.05, 0) is 207 Å². The standard InChI is InChI=1S/C25H18F3N3O4.C25H21N3O3.C24H17Cl2N3O3.C24H18ClN3O3/c26-25(27,28)35-21-6-2-4-18(14-21)17-3-1-5-19(13-17)23(33)29-20-9-7-16(8-10-20)15-31-12-11-22(32)30-24(31)34;1-17-4-2-6-19(14-17)20-7-3-5-18(15-20)16-24(30)26-21-8-10-22(11-9-21)28-13-12-23(29)27-25(28)31;25-20-9-6-17(13-21(20)26)16-2-1-3-18(12-16)23(31)27-19-7-4-15(5-8-19)14-29-11-10-22(30)28-24(29)32;25-20-6-2-4-18(14-20)17-3-1-5-19(13-17)23(30)26-21-9-7-16(8-10-21)15-28-12-11-22(29)27-24(28)31/h1-14H,15H2,(H,29,33)(H,30,32,34);2-15H,16H2,1H3,(H,26,30)(H,27,29,31);1-13H,14H2,(H,27,31)(H,28,30,32);1-14H,15H2,(H,26,30)(H,27,29,31). The van der Waals surface area contributed by atoms with Crippen LogP contribution in [0.15, 0.2) is 373 Å². The number of carbonyl (C=O) groups is 4. The molecule has 0 atom stereocenters. The van der Waals surface area contributed by atoms with Crippen molar-refractivity contribution in [2.75, 3.05) is 21.3 Å². The molecular formula is C98H74Cl3F3N12O13. The summed E-state index contributed by atoms with van der Waals surface area (Å²) in [6.45, 7) is 2.91. The lowest BCUT2D eigenvalue weighted by molar-refractivity contribution is -0.274. The van der Waals surface area contributed by atoms with E-state index in [1.807, 2.05) is 91.0 Å². The smallest absolute Gasteiger partial charge is 0.406 e. The van der Waals surface area contributed by atoms with Crippen LogP contribution < -0.4 is 71.0 Å². The van der Waals surface area contributed by atoms with Gasteiger partial charge in [0.1, 0.15) is 5.75 Å². The number of benzene rings is 12. The minimum Gasteiger partial charge on any atom is -0.406 e. The number of aromatic amines is 4. The molecule has 4 aromatic heterocycles. The first-order valence-corrected chi connectivity index (χ1v) is 40.5. The molecule has 0 spiro atoms. The summed E-state index contributed by atoms with van der Waals surface area (Å²) in [6, 6.07) is 88.6. The molecule has 0 saturated carbocycles. The van der Waals surface area contributed by atoms with Crippen LogP contribution in [0.2, 0.25) is 15.1 Å². The molecule has 0 aliphatic rings. The van der Waals surface area contributed by atoms with Gasteiger partial charge in [0, 0.05) is 93.5 Å². The summed E-state index contributed by atoms with van der Waals surface area (Å²) in [5.74, 6) is -1.37. The van der Waals surface area contributed by atoms with Gasteiger partial charge in [0.05, 0.1) is 41.8 Å². The third-order valence-electron chi connectivity index (χ3n) is 19.5. The quantitative estimate of drug-likeness (QED) is 0.0332. The lowest BCUT2D eigenvalue weighted by atomic mass is 10.0. The Hall–Kier alpha value is -16.3. The Morgan fingerprint density at radius 1 is 0.333 bits per heavy atom. The second kappa shape index (κ2) is 41.9. The van der Waals surface area contributed by atoms with Crippen molar-refractivity contribution in [2.24, 2.45) is 0 Å². The molecule has 4 amide bonds. The molecule has 25 nitrogen and oxygen atoms in total. The first-order chi connectivity index (χ1) is 62.0. The number of hydrogen-bond donors (Lipinski definition) is 8. The van der Waals surface area contributed by atoms with Crippen LogP contribution in [0, 0.1) is 6.92 Å². The van der Waals surface area contributed by atoms with Gasteiger partial charge in [0.2, 0.25) is 5.91 Å². The third-order valence-corrected chi connectivity index (χ3v) is 20.4. The Morgan fingerprint density at radius 3 is 1.10 bits per heavy atom. The lowest BCUT2D eigenvalue weighted by Gasteiger charge is -2.11. The van der Waals surface area contributed by atoms with E-state index >= 15 is 0 Å². The number of aromatic nitrogens is 8. The highest BCUT2D eigenvalue weighted by atomic mass is 35.5. The van der Waals surface area contributed by atoms with E-state index in [1.165, 1.54) is 91.1 Å². The summed E-state index contributed by atoms with van der Waals surface area (Å²) >= 11 is 18.2. The molecule has 129 heavy (non-hydrogen) atoms. The van der Waals surface area contributed by atoms with Crippen LogP contribution in [0.4, 0.5) is 35.9 Å². The maximum atomic E-state index is 12.7. The number of aryl methyl sites for hydroxylation is 1. The Bertz CT molecular complexity index is 7340. The van der Waals surface area contributed by atoms with Crippen LogP contribution in [0.3, 0.4) is 0 Å². The lowest BCUT2D eigenvalue weighted by Crippen LogP contribution is -2.28. The maximum absolute atomic E-state index is 12.7. The largest absolute Gasteiger partial charge is 0.573 e. The van der Waals surface area contributed by atoms with E-state index in [2.05, 4.69) is 71.1 Å². The van der Waals surface area contributed by atoms with Gasteiger partial charge >= 0.3 is 29.1 Å². The molecule has 646 valence electrons. The molecule has 12 aromatic carbocycles. The number of hydrogen-bond acceptors (Lipinski definition) is 13. The molecule has 0 aliphatic heterocycles. The predicted octanol–water partition coefficient (Wildman–Crippen LogP) is 17.1. The summed E-state index contributed by atoms with van der Waals surface area (Å²) in [7, 11) is 0. The summed E-state index contributed by atoms with van der Waals surface area (Å²) in [4.78, 5) is 152. The minimum absolute atomic E-state index is 0.129. The Morgan fingerprint density at radius 2 is 0.690 bits per heavy atom. The topological polar surface area (TPSA) is 345 Å². The molecule has 0 saturated heterocycles. The average molecular weight is 1790 g/mol. The Labute approximate surface area is 745 Å². The molecule has 16 aromatic rings. The van der Waals surface area contributed by atoms with E-state index in [4.69, 9.17) is 34.8 Å². The van der Waals surface area contributed by atoms with Gasteiger partial charge < -0.3 is 26.0 Å². The number of amides is 4. The van der Waals surface area contributed by atoms with Gasteiger partial charge in [-0.2, -0.15) is 0 Å². The van der Waals surface area contributed by atoms with Crippen LogP contribution in [0.5, 0.6) is 5.75 Å². The van der Waals surface area contributed by atoms with Crippen molar-refractivity contribution in [2.45, 2.75) is 39.3 Å². The highest BCUT2D eigenvalue weighted by Crippen LogP contribution is 2.33. The Kier molecular flexibility index (Phi) is 29.4. The second-order valence-corrected chi connectivity index (χ2v) is 30.2. The third kappa shape index (κ3) is 25.9. The predicted molar refractivity (Wildman–Crippen MR) is 493 cm³/mol. The average Bonchev–Trinajstić information content (AvgIpc) is 0.835. The van der Waals surface area contributed by atoms with Crippen molar-refractivity contribution >= 4 is 81.2 Å². The molecule has 16 rings (SSSR count). The molecule has 0 bridgehead atoms. The summed E-state index contributed by atoms with van der Waals surface area (Å²) < 4.78 is 47.0. The number of ether oxygens (including phenoxy) is 1. The highest BCUT2D eigenvalue weighted by Gasteiger charge is 2.31. The van der Waals surface area contributed by atoms with Gasteiger partial charge in [0.15, 0.2) is 0 Å². The van der Waals surface area contributed by atoms with E-state index in [0.717, 1.165) is 55.6 Å². The molecule has 8 N–H and O–H groups in total. The zero-order chi connectivity index (χ0) is 91.3. The zero-order valence-corrected chi connectivity index (χ0v) is 70.2. The summed E-state index contributed by atoms with van der Waals surface area (Å²) in [6.07, 6.45) is 1.15. The molecular weight excluding hydrogens is 1720 g/mol. The number of H-pyrrole nitrogens is 4. The normalized spacial score (nSPS) is 10.8. The summed E-state index contributed by atoms with van der Waals surface area (Å²) in [5.41, 5.74) is 11.9. The molecule has 4 heterocycles. The first kappa shape index (κ1) is 90.4. The van der Waals surface area contributed by atoms with E-state index < -0.39 is 57.3 Å². The van der Waals surface area contributed by atoms with Crippen molar-refractivity contribution in [1.82, 2.24) is 38.2 Å². The SMILES string of the molecule is Cc1cccc(-c2cccc(CC(=O)Nc3ccc(-n4ccc(=O)[nH]c4=O)cc3)c2)c1.O=C(Nc1ccc(Cn2ccc(=O)[nH]c2=O)cc1)c1cccc(-c2ccc(Cl)c(Cl)c2)c1.O=C(Nc1ccc(Cn2ccc(=O)[nH]c2=O)cc1)c1cccc(-c2cccc(Cl)c2)c1.O=C(Nc1ccc(Cn2ccc(=O)[nH]c2=O)cc1)c1cccc(-c2cccc(OC(F)(F)F)c2)c1. The molecule has 0 unspecified atom stereocenters. The van der Waals surface area contributed by atoms with Crippen molar-refractivity contribution < 1.29 is 37.1 Å². The van der Waals surface area contributed by atoms with E-state index in [0.29, 0.717) is 84.4 Å². The van der Waals surface area contributed by atoms with E-state index in [-0.39, 0.29) is 36.4 Å². The molecule has 0 aliphatic carbocycles. The monoisotopic (exact) mass is 1790 g/mol. The number of anilines is 4. The van der Waals surface area contributed by atoms with Gasteiger partial charge in [-0.3, -0.25) is 76.6 Å². The van der Waals surface area contributed by atoms with E-state index in [1.54, 1.807) is 158 Å². The van der Waals surface area contributed by atoms with Crippen LogP contribution in [-0.2, 0) is 30.8 Å². The van der Waals surface area contributed by atoms with Gasteiger partial charge in [0.25, 0.3) is 40.0 Å². The molecule has 0 radical (unpaired) electrons. The van der Waals surface area contributed by atoms with Gasteiger partial charge in [-0.25, -0.2) is 19.2 Å². The maximum Gasteiger partial charge on any atom is 0.573 e. The number of alkyl halides is 3. The summed E-state index contributed by atoms with van der Waals surface area (Å²) in [5, 5.41) is 12.9. The van der Waals surface area contributed by atoms with Crippen LogP contribution >= 0.6 is 34.8 Å². The number of rotatable bonds is 21. The zero-order valence-electron chi connectivity index (χ0n) is 67.9. The second-order valence-electron chi connectivity index (χ2n) is 28.9. The fourth-order valence-electron chi connectivity index (χ4n) is 13.1. The number of halogens is 6. The molecule has 31 heteroatoms. The fraction of sp³-hybridized carbons (Fsp3) is 0.0612. The molecule has 0 fully saturated rings. The van der Waals surface area contributed by atoms with Gasteiger partial charge in [-0.1, -0.05) is 192 Å². The number of carbonyl (C=O) groups excluding carboxylic acids is 4. The highest BCUT2D eigenvalue weighted by molar-refractivity contribution is 6.42. The fourth-order valence-corrected chi connectivity index (χ4v) is 13.6. The Balaban J connectivity index is 0.000000147. The first-order valence-electron chi connectivity index (χ1n) is 39.4. The van der Waals surface area contributed by atoms with Gasteiger partial charge in [-0.15, -0.1) is 13.2 Å². The van der Waals surface area contributed by atoms with Crippen molar-refractivity contribution in [3.05, 3.63) is 477 Å². The van der Waals surface area contributed by atoms with Crippen molar-refractivity contribution in [3.8, 4) is 55.9 Å². The van der Waals surface area contributed by atoms with Crippen LogP contribution in [0.1, 0.15) is 58.9 Å².